The second kappa shape index (κ2) is 4.79. The molecule has 1 aromatic carbocycles. The van der Waals surface area contributed by atoms with Gasteiger partial charge < -0.3 is 4.74 Å². The smallest absolute Gasteiger partial charge is 0.298 e. The van der Waals surface area contributed by atoms with Crippen LogP contribution in [0.15, 0.2) is 24.3 Å². The van der Waals surface area contributed by atoms with Crippen LogP contribution in [-0.2, 0) is 9.59 Å². The standard InChI is InChI=1S/C12H13NO3S/c1-3-17-12-10(14)11(15)13(12)8-4-6-9(16-2)7-5-8/h4-7,12H,3H2,1-2H3/t12-/m1/s1. The topological polar surface area (TPSA) is 46.6 Å². The number of carbonyl (C=O) groups is 2. The van der Waals surface area contributed by atoms with Gasteiger partial charge in [-0.25, -0.2) is 0 Å². The molecular weight excluding hydrogens is 238 g/mol. The van der Waals surface area contributed by atoms with Crippen LogP contribution in [0.3, 0.4) is 0 Å². The fourth-order valence-corrected chi connectivity index (χ4v) is 2.62. The molecule has 0 N–H and O–H groups in total. The van der Waals surface area contributed by atoms with E-state index in [0.717, 1.165) is 17.2 Å². The number of thioether (sulfide) groups is 1. The fourth-order valence-electron chi connectivity index (χ4n) is 1.69. The molecule has 0 aromatic heterocycles. The van der Waals surface area contributed by atoms with Crippen molar-refractivity contribution in [3.8, 4) is 5.75 Å². The number of β-lactam (4-membered cyclic amide) rings is 1. The van der Waals surface area contributed by atoms with Gasteiger partial charge in [-0.2, -0.15) is 0 Å². The zero-order valence-electron chi connectivity index (χ0n) is 9.67. The predicted octanol–water partition coefficient (Wildman–Crippen LogP) is 1.69. The number of rotatable bonds is 4. The molecule has 0 bridgehead atoms. The second-order valence-corrected chi connectivity index (χ2v) is 4.90. The Labute approximate surface area is 104 Å². The minimum atomic E-state index is -0.430. The van der Waals surface area contributed by atoms with Crippen LogP contribution in [0.1, 0.15) is 6.92 Å². The van der Waals surface area contributed by atoms with Crippen LogP contribution in [-0.4, -0.2) is 29.9 Å². The molecule has 0 saturated carbocycles. The lowest BCUT2D eigenvalue weighted by atomic mass is 10.1. The summed E-state index contributed by atoms with van der Waals surface area (Å²) < 4.78 is 5.05. The van der Waals surface area contributed by atoms with Gasteiger partial charge in [0, 0.05) is 5.69 Å². The molecule has 1 aromatic rings. The molecule has 2 rings (SSSR count). The summed E-state index contributed by atoms with van der Waals surface area (Å²) in [5, 5.41) is -0.360. The third-order valence-electron chi connectivity index (χ3n) is 2.56. The number of anilines is 1. The van der Waals surface area contributed by atoms with E-state index in [1.807, 2.05) is 6.92 Å². The first-order chi connectivity index (χ1) is 8.19. The number of methoxy groups -OCH3 is 1. The van der Waals surface area contributed by atoms with Crippen LogP contribution in [0.5, 0.6) is 5.75 Å². The Balaban J connectivity index is 2.20. The molecule has 1 fully saturated rings. The Morgan fingerprint density at radius 1 is 1.29 bits per heavy atom. The maximum atomic E-state index is 11.5. The highest BCUT2D eigenvalue weighted by atomic mass is 32.2. The van der Waals surface area contributed by atoms with Crippen LogP contribution in [0, 0.1) is 0 Å². The molecule has 17 heavy (non-hydrogen) atoms. The summed E-state index contributed by atoms with van der Waals surface area (Å²) >= 11 is 1.47. The molecule has 1 heterocycles. The van der Waals surface area contributed by atoms with Crippen molar-refractivity contribution in [3.63, 3.8) is 0 Å². The lowest BCUT2D eigenvalue weighted by molar-refractivity contribution is -0.141. The number of hydrogen-bond donors (Lipinski definition) is 0. The number of hydrogen-bond acceptors (Lipinski definition) is 4. The highest BCUT2D eigenvalue weighted by molar-refractivity contribution is 8.01. The van der Waals surface area contributed by atoms with Crippen LogP contribution < -0.4 is 9.64 Å². The molecule has 1 amide bonds. The quantitative estimate of drug-likeness (QED) is 0.603. The normalized spacial score (nSPS) is 19.2. The Morgan fingerprint density at radius 3 is 2.47 bits per heavy atom. The summed E-state index contributed by atoms with van der Waals surface area (Å²) in [5.74, 6) is 0.789. The van der Waals surface area contributed by atoms with Crippen molar-refractivity contribution in [2.45, 2.75) is 12.3 Å². The van der Waals surface area contributed by atoms with Crippen LogP contribution in [0.25, 0.3) is 0 Å². The van der Waals surface area contributed by atoms with Gasteiger partial charge in [0.25, 0.3) is 11.7 Å². The molecule has 4 nitrogen and oxygen atoms in total. The van der Waals surface area contributed by atoms with Gasteiger partial charge in [-0.05, 0) is 30.0 Å². The molecule has 1 saturated heterocycles. The summed E-state index contributed by atoms with van der Waals surface area (Å²) in [7, 11) is 1.59. The molecule has 0 aliphatic carbocycles. The number of amides is 1. The molecular formula is C12H13NO3S. The van der Waals surface area contributed by atoms with Gasteiger partial charge >= 0.3 is 0 Å². The average molecular weight is 251 g/mol. The van der Waals surface area contributed by atoms with Gasteiger partial charge in [-0.3, -0.25) is 14.5 Å². The van der Waals surface area contributed by atoms with Gasteiger partial charge in [0.1, 0.15) is 5.75 Å². The zero-order chi connectivity index (χ0) is 12.4. The first-order valence-electron chi connectivity index (χ1n) is 5.32. The Morgan fingerprint density at radius 2 is 1.94 bits per heavy atom. The molecule has 1 aliphatic heterocycles. The first-order valence-corrected chi connectivity index (χ1v) is 6.37. The summed E-state index contributed by atoms with van der Waals surface area (Å²) in [6, 6.07) is 7.12. The van der Waals surface area contributed by atoms with Gasteiger partial charge in [0.05, 0.1) is 7.11 Å². The number of ketones is 1. The minimum absolute atomic E-state index is 0.312. The summed E-state index contributed by atoms with van der Waals surface area (Å²) in [6.45, 7) is 1.97. The predicted molar refractivity (Wildman–Crippen MR) is 67.4 cm³/mol. The number of nitrogens with zero attached hydrogens (tertiary/aromatic N) is 1. The number of ether oxygens (including phenoxy) is 1. The number of benzene rings is 1. The highest BCUT2D eigenvalue weighted by Gasteiger charge is 2.47. The van der Waals surface area contributed by atoms with Gasteiger partial charge in [0.15, 0.2) is 5.37 Å². The van der Waals surface area contributed by atoms with E-state index < -0.39 is 5.91 Å². The average Bonchev–Trinajstić information content (AvgIpc) is 2.38. The largest absolute Gasteiger partial charge is 0.497 e. The second-order valence-electron chi connectivity index (χ2n) is 3.55. The molecule has 0 radical (unpaired) electrons. The van der Waals surface area contributed by atoms with Crippen molar-refractivity contribution in [2.75, 3.05) is 17.8 Å². The number of Topliss-reactive ketones (excluding diaryl/α,β-unsaturated/α-hetero) is 1. The van der Waals surface area contributed by atoms with Crippen molar-refractivity contribution in [2.24, 2.45) is 0 Å². The van der Waals surface area contributed by atoms with Gasteiger partial charge in [-0.1, -0.05) is 6.92 Å². The lowest BCUT2D eigenvalue weighted by Crippen LogP contribution is -2.60. The molecule has 0 spiro atoms. The van der Waals surface area contributed by atoms with Crippen molar-refractivity contribution < 1.29 is 14.3 Å². The summed E-state index contributed by atoms with van der Waals surface area (Å²) in [6.07, 6.45) is 0. The molecule has 0 unspecified atom stereocenters. The Hall–Kier alpha value is -1.49. The molecule has 5 heteroatoms. The molecule has 90 valence electrons. The van der Waals surface area contributed by atoms with E-state index in [9.17, 15) is 9.59 Å². The maximum absolute atomic E-state index is 11.5. The van der Waals surface area contributed by atoms with E-state index in [1.165, 1.54) is 16.7 Å². The number of carbonyl (C=O) groups excluding carboxylic acids is 2. The van der Waals surface area contributed by atoms with Crippen molar-refractivity contribution in [1.82, 2.24) is 0 Å². The Bertz CT molecular complexity index is 444. The lowest BCUT2D eigenvalue weighted by Gasteiger charge is -2.37. The third kappa shape index (κ3) is 2.02. The third-order valence-corrected chi connectivity index (χ3v) is 3.64. The van der Waals surface area contributed by atoms with Crippen molar-refractivity contribution >= 4 is 29.1 Å². The fraction of sp³-hybridized carbons (Fsp3) is 0.333. The van der Waals surface area contributed by atoms with Crippen LogP contribution >= 0.6 is 11.8 Å². The Kier molecular flexibility index (Phi) is 3.38. The van der Waals surface area contributed by atoms with Crippen LogP contribution in [0.2, 0.25) is 0 Å². The highest BCUT2D eigenvalue weighted by Crippen LogP contribution is 2.32. The van der Waals surface area contributed by atoms with Crippen molar-refractivity contribution in [1.29, 1.82) is 0 Å². The summed E-state index contributed by atoms with van der Waals surface area (Å²) in [4.78, 5) is 24.5. The van der Waals surface area contributed by atoms with Crippen LogP contribution in [0.4, 0.5) is 5.69 Å². The van der Waals surface area contributed by atoms with E-state index in [2.05, 4.69) is 0 Å². The monoisotopic (exact) mass is 251 g/mol. The van der Waals surface area contributed by atoms with Gasteiger partial charge in [-0.15, -0.1) is 11.8 Å². The molecule has 1 aliphatic rings. The van der Waals surface area contributed by atoms with E-state index in [-0.39, 0.29) is 11.2 Å². The zero-order valence-corrected chi connectivity index (χ0v) is 10.5. The van der Waals surface area contributed by atoms with Crippen molar-refractivity contribution in [3.05, 3.63) is 24.3 Å². The SMILES string of the molecule is CCS[C@@H]1C(=O)C(=O)N1c1ccc(OC)cc1. The van der Waals surface area contributed by atoms with E-state index in [1.54, 1.807) is 31.4 Å². The summed E-state index contributed by atoms with van der Waals surface area (Å²) in [5.41, 5.74) is 0.737. The van der Waals surface area contributed by atoms with E-state index in [4.69, 9.17) is 4.74 Å². The minimum Gasteiger partial charge on any atom is -0.497 e. The van der Waals surface area contributed by atoms with E-state index in [0.29, 0.717) is 0 Å². The van der Waals surface area contributed by atoms with Gasteiger partial charge in [0.2, 0.25) is 0 Å². The first kappa shape index (κ1) is 12.0. The maximum Gasteiger partial charge on any atom is 0.298 e. The van der Waals surface area contributed by atoms with E-state index >= 15 is 0 Å². The molecule has 1 atom stereocenters.